The largest absolute Gasteiger partial charge is 0.315 e. The average molecular weight is 274 g/mol. The van der Waals surface area contributed by atoms with Crippen molar-refractivity contribution in [1.29, 1.82) is 0 Å². The summed E-state index contributed by atoms with van der Waals surface area (Å²) in [5.74, 6) is 0.794. The third-order valence-corrected chi connectivity index (χ3v) is 4.34. The maximum atomic E-state index is 3.62. The van der Waals surface area contributed by atoms with Gasteiger partial charge in [-0.25, -0.2) is 0 Å². The summed E-state index contributed by atoms with van der Waals surface area (Å²) in [5.41, 5.74) is 3.08. The molecule has 112 valence electrons. The van der Waals surface area contributed by atoms with Gasteiger partial charge < -0.3 is 5.32 Å². The fourth-order valence-corrected chi connectivity index (χ4v) is 2.93. The Morgan fingerprint density at radius 3 is 2.65 bits per heavy atom. The summed E-state index contributed by atoms with van der Waals surface area (Å²) in [4.78, 5) is 2.63. The van der Waals surface area contributed by atoms with Crippen LogP contribution in [-0.4, -0.2) is 30.6 Å². The monoisotopic (exact) mass is 274 g/mol. The second kappa shape index (κ2) is 7.80. The highest BCUT2D eigenvalue weighted by molar-refractivity contribution is 5.28. The lowest BCUT2D eigenvalue weighted by Gasteiger charge is -2.28. The van der Waals surface area contributed by atoms with Gasteiger partial charge in [-0.1, -0.05) is 38.1 Å². The molecule has 2 rings (SSSR count). The second-order valence-corrected chi connectivity index (χ2v) is 6.58. The van der Waals surface area contributed by atoms with Crippen LogP contribution in [0.4, 0.5) is 0 Å². The Morgan fingerprint density at radius 1 is 1.15 bits per heavy atom. The molecule has 1 unspecified atom stereocenters. The zero-order valence-electron chi connectivity index (χ0n) is 13.4. The van der Waals surface area contributed by atoms with Crippen molar-refractivity contribution in [2.45, 2.75) is 52.6 Å². The van der Waals surface area contributed by atoms with E-state index in [0.717, 1.165) is 25.6 Å². The molecule has 0 aromatic heterocycles. The number of benzene rings is 1. The molecule has 1 N–H and O–H groups in total. The van der Waals surface area contributed by atoms with E-state index < -0.39 is 0 Å². The minimum atomic E-state index is 0.619. The molecule has 0 fully saturated rings. The van der Waals surface area contributed by atoms with Gasteiger partial charge in [0.25, 0.3) is 0 Å². The van der Waals surface area contributed by atoms with Gasteiger partial charge in [0.05, 0.1) is 0 Å². The molecule has 0 saturated carbocycles. The number of rotatable bonds is 6. The van der Waals surface area contributed by atoms with E-state index in [1.807, 2.05) is 0 Å². The summed E-state index contributed by atoms with van der Waals surface area (Å²) in [6.07, 6.45) is 3.79. The van der Waals surface area contributed by atoms with Crippen molar-refractivity contribution in [2.75, 3.05) is 19.6 Å². The lowest BCUT2D eigenvalue weighted by Crippen LogP contribution is -2.40. The molecule has 0 radical (unpaired) electrons. The molecule has 2 nitrogen and oxygen atoms in total. The van der Waals surface area contributed by atoms with Gasteiger partial charge in [-0.15, -0.1) is 0 Å². The first-order valence-corrected chi connectivity index (χ1v) is 8.18. The lowest BCUT2D eigenvalue weighted by molar-refractivity contribution is 0.198. The smallest absolute Gasteiger partial charge is 0.0239 e. The van der Waals surface area contributed by atoms with E-state index in [1.165, 1.54) is 31.4 Å². The third-order valence-electron chi connectivity index (χ3n) is 4.34. The van der Waals surface area contributed by atoms with Crippen LogP contribution < -0.4 is 5.32 Å². The van der Waals surface area contributed by atoms with Crippen molar-refractivity contribution in [3.8, 4) is 0 Å². The van der Waals surface area contributed by atoms with Gasteiger partial charge in [0.1, 0.15) is 0 Å². The van der Waals surface area contributed by atoms with Gasteiger partial charge in [0.2, 0.25) is 0 Å². The number of hydrogen-bond acceptors (Lipinski definition) is 2. The maximum absolute atomic E-state index is 3.62. The van der Waals surface area contributed by atoms with Crippen LogP contribution in [-0.2, 0) is 13.0 Å². The zero-order chi connectivity index (χ0) is 14.4. The highest BCUT2D eigenvalue weighted by atomic mass is 15.2. The Hall–Kier alpha value is -0.860. The van der Waals surface area contributed by atoms with Crippen LogP contribution in [0.5, 0.6) is 0 Å². The van der Waals surface area contributed by atoms with E-state index in [9.17, 15) is 0 Å². The molecule has 1 aromatic rings. The van der Waals surface area contributed by atoms with Gasteiger partial charge in [0.15, 0.2) is 0 Å². The fraction of sp³-hybridized carbons (Fsp3) is 0.667. The molecular weight excluding hydrogens is 244 g/mol. The third kappa shape index (κ3) is 4.60. The molecule has 0 bridgehead atoms. The van der Waals surface area contributed by atoms with E-state index in [4.69, 9.17) is 0 Å². The number of hydrogen-bond donors (Lipinski definition) is 1. The highest BCUT2D eigenvalue weighted by Crippen LogP contribution is 2.19. The van der Waals surface area contributed by atoms with Crippen LogP contribution >= 0.6 is 0 Å². The molecule has 1 heterocycles. The zero-order valence-corrected chi connectivity index (χ0v) is 13.4. The molecule has 0 spiro atoms. The van der Waals surface area contributed by atoms with Crippen LogP contribution in [0.25, 0.3) is 0 Å². The molecule has 1 aromatic carbocycles. The molecule has 1 atom stereocenters. The van der Waals surface area contributed by atoms with Crippen molar-refractivity contribution in [3.63, 3.8) is 0 Å². The predicted molar refractivity (Wildman–Crippen MR) is 87.0 cm³/mol. The molecule has 2 heteroatoms. The summed E-state index contributed by atoms with van der Waals surface area (Å²) >= 11 is 0. The molecule has 1 aliphatic rings. The Kier molecular flexibility index (Phi) is 6.06. The Bertz CT molecular complexity index is 400. The Balaban J connectivity index is 1.83. The van der Waals surface area contributed by atoms with Crippen molar-refractivity contribution >= 4 is 0 Å². The lowest BCUT2D eigenvalue weighted by atomic mass is 10.0. The maximum Gasteiger partial charge on any atom is 0.0239 e. The number of nitrogens with one attached hydrogen (secondary N) is 1. The van der Waals surface area contributed by atoms with E-state index in [2.05, 4.69) is 55.3 Å². The van der Waals surface area contributed by atoms with Crippen LogP contribution in [0.2, 0.25) is 0 Å². The Morgan fingerprint density at radius 2 is 1.90 bits per heavy atom. The van der Waals surface area contributed by atoms with E-state index >= 15 is 0 Å². The van der Waals surface area contributed by atoms with Gasteiger partial charge in [-0.2, -0.15) is 0 Å². The number of fused-ring (bicyclic) bond motifs is 1. The summed E-state index contributed by atoms with van der Waals surface area (Å²) in [5, 5.41) is 3.62. The first kappa shape index (κ1) is 15.5. The van der Waals surface area contributed by atoms with Crippen LogP contribution in [0.1, 0.15) is 44.7 Å². The van der Waals surface area contributed by atoms with Crippen molar-refractivity contribution in [1.82, 2.24) is 10.2 Å². The van der Waals surface area contributed by atoms with Gasteiger partial charge >= 0.3 is 0 Å². The summed E-state index contributed by atoms with van der Waals surface area (Å²) in [6.45, 7) is 11.5. The van der Waals surface area contributed by atoms with Gasteiger partial charge in [-0.3, -0.25) is 4.90 Å². The highest BCUT2D eigenvalue weighted by Gasteiger charge is 2.18. The quantitative estimate of drug-likeness (QED) is 0.799. The Labute approximate surface area is 124 Å². The molecule has 0 saturated heterocycles. The second-order valence-electron chi connectivity index (χ2n) is 6.58. The van der Waals surface area contributed by atoms with E-state index in [1.54, 1.807) is 5.56 Å². The van der Waals surface area contributed by atoms with Crippen molar-refractivity contribution in [2.24, 2.45) is 5.92 Å². The summed E-state index contributed by atoms with van der Waals surface area (Å²) in [6, 6.07) is 9.56. The minimum absolute atomic E-state index is 0.619. The summed E-state index contributed by atoms with van der Waals surface area (Å²) in [7, 11) is 0. The van der Waals surface area contributed by atoms with E-state index in [-0.39, 0.29) is 0 Å². The first-order valence-electron chi connectivity index (χ1n) is 8.18. The summed E-state index contributed by atoms with van der Waals surface area (Å²) < 4.78 is 0. The topological polar surface area (TPSA) is 15.3 Å². The van der Waals surface area contributed by atoms with E-state index in [0.29, 0.717) is 6.04 Å². The van der Waals surface area contributed by atoms with Crippen molar-refractivity contribution in [3.05, 3.63) is 35.4 Å². The van der Waals surface area contributed by atoms with Crippen LogP contribution in [0, 0.1) is 5.92 Å². The van der Waals surface area contributed by atoms with Crippen molar-refractivity contribution < 1.29 is 0 Å². The van der Waals surface area contributed by atoms with Gasteiger partial charge in [0, 0.05) is 19.1 Å². The standard InChI is InChI=1S/C18H30N2/c1-15(2)10-11-19-13-16(3)20-12-6-9-17-7-4-5-8-18(17)14-20/h4-5,7-8,15-16,19H,6,9-14H2,1-3H3. The molecule has 20 heavy (non-hydrogen) atoms. The molecular formula is C18H30N2. The minimum Gasteiger partial charge on any atom is -0.315 e. The molecule has 1 aliphatic heterocycles. The fourth-order valence-electron chi connectivity index (χ4n) is 2.93. The first-order chi connectivity index (χ1) is 9.66. The van der Waals surface area contributed by atoms with Crippen LogP contribution in [0.3, 0.4) is 0 Å². The SMILES string of the molecule is CC(C)CCNCC(C)N1CCCc2ccccc2C1. The predicted octanol–water partition coefficient (Wildman–Crippen LogP) is 3.46. The number of nitrogens with zero attached hydrogens (tertiary/aromatic N) is 1. The normalized spacial score (nSPS) is 17.8. The van der Waals surface area contributed by atoms with Crippen LogP contribution in [0.15, 0.2) is 24.3 Å². The average Bonchev–Trinajstić information content (AvgIpc) is 2.65. The number of aryl methyl sites for hydroxylation is 1. The molecule has 0 aliphatic carbocycles. The van der Waals surface area contributed by atoms with Gasteiger partial charge in [-0.05, 0) is 56.3 Å². The molecule has 0 amide bonds.